The number of hydrogen-bond donors (Lipinski definition) is 0. The molecule has 0 aliphatic carbocycles. The Morgan fingerprint density at radius 3 is 2.33 bits per heavy atom. The first kappa shape index (κ1) is 16.6. The molecule has 1 aliphatic heterocycles. The Morgan fingerprint density at radius 2 is 1.81 bits per heavy atom. The van der Waals surface area contributed by atoms with Gasteiger partial charge in [0.1, 0.15) is 5.82 Å². The number of alkyl halides is 1. The Balaban J connectivity index is 2.16. The Morgan fingerprint density at radius 1 is 1.14 bits per heavy atom. The van der Waals surface area contributed by atoms with Crippen LogP contribution in [0.2, 0.25) is 0 Å². The molecule has 21 heavy (non-hydrogen) atoms. The normalized spacial score (nSPS) is 17.3. The highest BCUT2D eigenvalue weighted by atomic mass is 35.5. The topological polar surface area (TPSA) is 19.4 Å². The molecule has 118 valence electrons. The van der Waals surface area contributed by atoms with E-state index in [1.54, 1.807) is 0 Å². The number of pyridine rings is 1. The fourth-order valence-electron chi connectivity index (χ4n) is 2.71. The van der Waals surface area contributed by atoms with E-state index in [1.165, 1.54) is 18.5 Å². The van der Waals surface area contributed by atoms with Gasteiger partial charge in [-0.15, -0.1) is 11.6 Å². The molecular formula is C17H28ClN3. The molecule has 0 N–H and O–H groups in total. The Labute approximate surface area is 134 Å². The summed E-state index contributed by atoms with van der Waals surface area (Å²) in [6.45, 7) is 14.4. The third-order valence-electron chi connectivity index (χ3n) is 4.03. The molecule has 0 radical (unpaired) electrons. The van der Waals surface area contributed by atoms with Gasteiger partial charge in [-0.2, -0.15) is 0 Å². The molecule has 1 aromatic heterocycles. The van der Waals surface area contributed by atoms with Crippen LogP contribution < -0.4 is 4.90 Å². The lowest BCUT2D eigenvalue weighted by atomic mass is 9.91. The minimum absolute atomic E-state index is 0.0564. The van der Waals surface area contributed by atoms with Crippen LogP contribution in [0.25, 0.3) is 0 Å². The number of piperazine rings is 1. The summed E-state index contributed by atoms with van der Waals surface area (Å²) in [7, 11) is 0. The maximum Gasteiger partial charge on any atom is 0.129 e. The van der Waals surface area contributed by atoms with Crippen molar-refractivity contribution in [3.63, 3.8) is 0 Å². The zero-order valence-electron chi connectivity index (χ0n) is 13.8. The summed E-state index contributed by atoms with van der Waals surface area (Å²) in [4.78, 5) is 9.83. The van der Waals surface area contributed by atoms with E-state index in [0.29, 0.717) is 5.88 Å². The van der Waals surface area contributed by atoms with Crippen LogP contribution in [-0.2, 0) is 11.3 Å². The minimum atomic E-state index is 0.0564. The molecule has 4 heteroatoms. The predicted molar refractivity (Wildman–Crippen MR) is 91.4 cm³/mol. The van der Waals surface area contributed by atoms with Gasteiger partial charge in [0.2, 0.25) is 0 Å². The van der Waals surface area contributed by atoms with Crippen LogP contribution in [0.4, 0.5) is 5.82 Å². The maximum absolute atomic E-state index is 6.07. The lowest BCUT2D eigenvalue weighted by Crippen LogP contribution is -2.47. The summed E-state index contributed by atoms with van der Waals surface area (Å²) in [5.41, 5.74) is 2.36. The summed E-state index contributed by atoms with van der Waals surface area (Å²) < 4.78 is 0. The highest BCUT2D eigenvalue weighted by Gasteiger charge is 2.21. The molecule has 2 rings (SSSR count). The van der Waals surface area contributed by atoms with E-state index in [2.05, 4.69) is 49.6 Å². The van der Waals surface area contributed by atoms with Crippen molar-refractivity contribution in [3.05, 3.63) is 23.4 Å². The molecule has 0 aromatic carbocycles. The second-order valence-corrected chi connectivity index (χ2v) is 7.20. The van der Waals surface area contributed by atoms with Gasteiger partial charge in [0.25, 0.3) is 0 Å². The van der Waals surface area contributed by atoms with E-state index in [-0.39, 0.29) is 5.41 Å². The largest absolute Gasteiger partial charge is 0.354 e. The van der Waals surface area contributed by atoms with Crippen molar-refractivity contribution in [3.8, 4) is 0 Å². The molecular weight excluding hydrogens is 282 g/mol. The third-order valence-corrected chi connectivity index (χ3v) is 4.34. The molecule has 1 fully saturated rings. The van der Waals surface area contributed by atoms with E-state index >= 15 is 0 Å². The van der Waals surface area contributed by atoms with Crippen LogP contribution in [-0.4, -0.2) is 42.6 Å². The van der Waals surface area contributed by atoms with Crippen molar-refractivity contribution in [1.82, 2.24) is 9.88 Å². The summed E-state index contributed by atoms with van der Waals surface area (Å²) in [6.07, 6.45) is 1.23. The number of halogens is 1. The van der Waals surface area contributed by atoms with E-state index in [0.717, 1.165) is 37.7 Å². The monoisotopic (exact) mass is 309 g/mol. The fourth-order valence-corrected chi connectivity index (χ4v) is 2.87. The molecule has 3 nitrogen and oxygen atoms in total. The maximum atomic E-state index is 6.07. The van der Waals surface area contributed by atoms with Crippen molar-refractivity contribution in [1.29, 1.82) is 0 Å². The molecule has 1 aliphatic rings. The van der Waals surface area contributed by atoms with Crippen LogP contribution in [0.3, 0.4) is 0 Å². The van der Waals surface area contributed by atoms with Crippen LogP contribution in [0, 0.1) is 0 Å². The fraction of sp³-hybridized carbons (Fsp3) is 0.706. The van der Waals surface area contributed by atoms with E-state index < -0.39 is 0 Å². The molecule has 0 bridgehead atoms. The van der Waals surface area contributed by atoms with Crippen LogP contribution in [0.5, 0.6) is 0 Å². The van der Waals surface area contributed by atoms with Gasteiger partial charge in [0.05, 0.1) is 0 Å². The van der Waals surface area contributed by atoms with Crippen molar-refractivity contribution >= 4 is 17.4 Å². The van der Waals surface area contributed by atoms with Gasteiger partial charge in [-0.3, -0.25) is 4.90 Å². The Hall–Kier alpha value is -0.800. The van der Waals surface area contributed by atoms with Gasteiger partial charge in [-0.25, -0.2) is 4.98 Å². The molecule has 0 unspecified atom stereocenters. The average molecular weight is 310 g/mol. The minimum Gasteiger partial charge on any atom is -0.354 e. The van der Waals surface area contributed by atoms with Crippen molar-refractivity contribution in [2.45, 2.75) is 45.4 Å². The summed E-state index contributed by atoms with van der Waals surface area (Å²) >= 11 is 6.07. The van der Waals surface area contributed by atoms with Gasteiger partial charge < -0.3 is 4.90 Å². The smallest absolute Gasteiger partial charge is 0.129 e. The first-order valence-electron chi connectivity index (χ1n) is 7.98. The Bertz CT molecular complexity index is 460. The van der Waals surface area contributed by atoms with Crippen molar-refractivity contribution in [2.75, 3.05) is 37.6 Å². The lowest BCUT2D eigenvalue weighted by Gasteiger charge is -2.36. The van der Waals surface area contributed by atoms with Crippen molar-refractivity contribution < 1.29 is 0 Å². The summed E-state index contributed by atoms with van der Waals surface area (Å²) in [5.74, 6) is 1.64. The average Bonchev–Trinajstić information content (AvgIpc) is 2.47. The number of nitrogens with zero attached hydrogens (tertiary/aromatic N) is 3. The molecule has 1 aromatic rings. The Kier molecular flexibility index (Phi) is 5.50. The molecule has 0 saturated carbocycles. The zero-order valence-corrected chi connectivity index (χ0v) is 14.6. The van der Waals surface area contributed by atoms with Gasteiger partial charge >= 0.3 is 0 Å². The van der Waals surface area contributed by atoms with Gasteiger partial charge in [0, 0.05) is 43.2 Å². The number of aromatic nitrogens is 1. The van der Waals surface area contributed by atoms with Gasteiger partial charge in [-0.1, -0.05) is 27.7 Å². The number of hydrogen-bond acceptors (Lipinski definition) is 3. The second-order valence-electron chi connectivity index (χ2n) is 6.93. The molecule has 0 atom stereocenters. The molecule has 0 amide bonds. The SMILES string of the molecule is CCCN1CCN(c2cc(CCl)cc(C(C)(C)C)n2)CC1. The molecule has 0 spiro atoms. The first-order chi connectivity index (χ1) is 9.94. The second kappa shape index (κ2) is 6.97. The summed E-state index contributed by atoms with van der Waals surface area (Å²) in [5, 5.41) is 0. The highest BCUT2D eigenvalue weighted by Crippen LogP contribution is 2.26. The summed E-state index contributed by atoms with van der Waals surface area (Å²) in [6, 6.07) is 4.29. The third kappa shape index (κ3) is 4.33. The molecule has 2 heterocycles. The number of anilines is 1. The van der Waals surface area contributed by atoms with E-state index in [4.69, 9.17) is 16.6 Å². The standard InChI is InChI=1S/C17H28ClN3/c1-5-6-20-7-9-21(10-8-20)16-12-14(13-18)11-15(19-16)17(2,3)4/h11-12H,5-10,13H2,1-4H3. The number of rotatable bonds is 4. The van der Waals surface area contributed by atoms with E-state index in [9.17, 15) is 0 Å². The van der Waals surface area contributed by atoms with E-state index in [1.807, 2.05) is 0 Å². The van der Waals surface area contributed by atoms with Crippen LogP contribution in [0.1, 0.15) is 45.4 Å². The van der Waals surface area contributed by atoms with Crippen molar-refractivity contribution in [2.24, 2.45) is 0 Å². The zero-order chi connectivity index (χ0) is 15.5. The quantitative estimate of drug-likeness (QED) is 0.791. The highest BCUT2D eigenvalue weighted by molar-refractivity contribution is 6.17. The lowest BCUT2D eigenvalue weighted by molar-refractivity contribution is 0.258. The van der Waals surface area contributed by atoms with Gasteiger partial charge in [0.15, 0.2) is 0 Å². The molecule has 1 saturated heterocycles. The van der Waals surface area contributed by atoms with Crippen LogP contribution in [0.15, 0.2) is 12.1 Å². The first-order valence-corrected chi connectivity index (χ1v) is 8.52. The van der Waals surface area contributed by atoms with Crippen LogP contribution >= 0.6 is 11.6 Å². The predicted octanol–water partition coefficient (Wildman–Crippen LogP) is 3.65. The van der Waals surface area contributed by atoms with Gasteiger partial charge in [-0.05, 0) is 30.7 Å².